The van der Waals surface area contributed by atoms with Crippen LogP contribution in [0.2, 0.25) is 0 Å². The molecular formula is C17H23NO. The molecule has 102 valence electrons. The molecule has 2 heteroatoms. The van der Waals surface area contributed by atoms with Gasteiger partial charge in [0.2, 0.25) is 0 Å². The molecule has 1 saturated carbocycles. The SMILES string of the molecule is CC(CO)c1cccc2ccn(C3CCCCC3)c12. The fourth-order valence-corrected chi connectivity index (χ4v) is 3.41. The monoisotopic (exact) mass is 257 g/mol. The smallest absolute Gasteiger partial charge is 0.0519 e. The topological polar surface area (TPSA) is 25.2 Å². The van der Waals surface area contributed by atoms with Crippen LogP contribution >= 0.6 is 0 Å². The van der Waals surface area contributed by atoms with Crippen molar-refractivity contribution in [3.05, 3.63) is 36.0 Å². The average Bonchev–Trinajstić information content (AvgIpc) is 2.91. The molecule has 1 fully saturated rings. The number of aliphatic hydroxyl groups is 1. The zero-order valence-electron chi connectivity index (χ0n) is 11.7. The lowest BCUT2D eigenvalue weighted by Gasteiger charge is -2.25. The second-order valence-electron chi connectivity index (χ2n) is 5.88. The highest BCUT2D eigenvalue weighted by molar-refractivity contribution is 5.84. The van der Waals surface area contributed by atoms with E-state index in [0.29, 0.717) is 6.04 Å². The van der Waals surface area contributed by atoms with E-state index in [9.17, 15) is 5.11 Å². The molecule has 0 radical (unpaired) electrons. The number of nitrogens with zero attached hydrogens (tertiary/aromatic N) is 1. The standard InChI is InChI=1S/C17H23NO/c1-13(12-19)16-9-5-6-14-10-11-18(17(14)16)15-7-3-2-4-8-15/h5-6,9-11,13,15,19H,2-4,7-8,12H2,1H3. The molecular weight excluding hydrogens is 234 g/mol. The first-order valence-electron chi connectivity index (χ1n) is 7.51. The summed E-state index contributed by atoms with van der Waals surface area (Å²) in [6.07, 6.45) is 8.92. The third kappa shape index (κ3) is 2.30. The van der Waals surface area contributed by atoms with Gasteiger partial charge in [-0.15, -0.1) is 0 Å². The quantitative estimate of drug-likeness (QED) is 0.874. The van der Waals surface area contributed by atoms with Gasteiger partial charge in [0.25, 0.3) is 0 Å². The predicted molar refractivity (Wildman–Crippen MR) is 79.6 cm³/mol. The van der Waals surface area contributed by atoms with E-state index in [2.05, 4.69) is 42.0 Å². The molecule has 1 aliphatic rings. The van der Waals surface area contributed by atoms with Gasteiger partial charge in [-0.3, -0.25) is 0 Å². The van der Waals surface area contributed by atoms with E-state index in [1.807, 2.05) is 0 Å². The van der Waals surface area contributed by atoms with E-state index in [0.717, 1.165) is 0 Å². The summed E-state index contributed by atoms with van der Waals surface area (Å²) in [5, 5.41) is 10.8. The first kappa shape index (κ1) is 12.7. The third-order valence-corrected chi connectivity index (χ3v) is 4.54. The zero-order valence-corrected chi connectivity index (χ0v) is 11.7. The molecule has 2 nitrogen and oxygen atoms in total. The maximum Gasteiger partial charge on any atom is 0.0519 e. The number of fused-ring (bicyclic) bond motifs is 1. The average molecular weight is 257 g/mol. The summed E-state index contributed by atoms with van der Waals surface area (Å²) in [4.78, 5) is 0. The molecule has 0 bridgehead atoms. The molecule has 3 rings (SSSR count). The summed E-state index contributed by atoms with van der Waals surface area (Å²) in [5.41, 5.74) is 2.63. The zero-order chi connectivity index (χ0) is 13.2. The third-order valence-electron chi connectivity index (χ3n) is 4.54. The van der Waals surface area contributed by atoms with Gasteiger partial charge in [-0.1, -0.05) is 44.4 Å². The molecule has 0 aliphatic heterocycles. The Morgan fingerprint density at radius 3 is 2.74 bits per heavy atom. The van der Waals surface area contributed by atoms with Gasteiger partial charge in [-0.05, 0) is 29.9 Å². The highest BCUT2D eigenvalue weighted by atomic mass is 16.3. The lowest BCUT2D eigenvalue weighted by Crippen LogP contribution is -2.13. The van der Waals surface area contributed by atoms with Crippen molar-refractivity contribution in [1.29, 1.82) is 0 Å². The van der Waals surface area contributed by atoms with Gasteiger partial charge in [0.15, 0.2) is 0 Å². The molecule has 0 saturated heterocycles. The van der Waals surface area contributed by atoms with Crippen molar-refractivity contribution in [2.75, 3.05) is 6.61 Å². The molecule has 1 N–H and O–H groups in total. The van der Waals surface area contributed by atoms with Crippen LogP contribution < -0.4 is 0 Å². The molecule has 1 unspecified atom stereocenters. The van der Waals surface area contributed by atoms with Crippen molar-refractivity contribution >= 4 is 10.9 Å². The van der Waals surface area contributed by atoms with E-state index in [1.165, 1.54) is 48.6 Å². The minimum absolute atomic E-state index is 0.209. The molecule has 19 heavy (non-hydrogen) atoms. The van der Waals surface area contributed by atoms with Crippen molar-refractivity contribution in [2.45, 2.75) is 51.0 Å². The highest BCUT2D eigenvalue weighted by Gasteiger charge is 2.19. The number of para-hydroxylation sites is 1. The Morgan fingerprint density at radius 2 is 2.00 bits per heavy atom. The molecule has 2 aromatic rings. The second-order valence-corrected chi connectivity index (χ2v) is 5.88. The Kier molecular flexibility index (Phi) is 3.61. The molecule has 1 aromatic carbocycles. The van der Waals surface area contributed by atoms with Crippen molar-refractivity contribution in [2.24, 2.45) is 0 Å². The minimum atomic E-state index is 0.209. The molecule has 1 atom stereocenters. The van der Waals surface area contributed by atoms with Crippen LogP contribution in [0, 0.1) is 0 Å². The number of hydrogen-bond donors (Lipinski definition) is 1. The fourth-order valence-electron chi connectivity index (χ4n) is 3.41. The minimum Gasteiger partial charge on any atom is -0.396 e. The Morgan fingerprint density at radius 1 is 1.21 bits per heavy atom. The lowest BCUT2D eigenvalue weighted by atomic mass is 9.94. The Balaban J connectivity index is 2.09. The van der Waals surface area contributed by atoms with Gasteiger partial charge in [-0.2, -0.15) is 0 Å². The van der Waals surface area contributed by atoms with E-state index in [4.69, 9.17) is 0 Å². The van der Waals surface area contributed by atoms with Crippen molar-refractivity contribution < 1.29 is 5.11 Å². The number of aliphatic hydroxyl groups excluding tert-OH is 1. The van der Waals surface area contributed by atoms with Crippen molar-refractivity contribution in [3.63, 3.8) is 0 Å². The maximum atomic E-state index is 9.48. The van der Waals surface area contributed by atoms with Crippen molar-refractivity contribution in [3.8, 4) is 0 Å². The molecule has 1 aliphatic carbocycles. The highest BCUT2D eigenvalue weighted by Crippen LogP contribution is 2.34. The summed E-state index contributed by atoms with van der Waals surface area (Å²) < 4.78 is 2.47. The molecule has 1 aromatic heterocycles. The van der Waals surface area contributed by atoms with Gasteiger partial charge in [0.05, 0.1) is 5.52 Å². The van der Waals surface area contributed by atoms with Gasteiger partial charge in [0, 0.05) is 24.8 Å². The number of hydrogen-bond acceptors (Lipinski definition) is 1. The predicted octanol–water partition coefficient (Wildman–Crippen LogP) is 4.24. The van der Waals surface area contributed by atoms with E-state index >= 15 is 0 Å². The maximum absolute atomic E-state index is 9.48. The number of aromatic nitrogens is 1. The molecule has 0 amide bonds. The number of benzene rings is 1. The Hall–Kier alpha value is -1.28. The van der Waals surface area contributed by atoms with Gasteiger partial charge >= 0.3 is 0 Å². The van der Waals surface area contributed by atoms with E-state index in [-0.39, 0.29) is 12.5 Å². The largest absolute Gasteiger partial charge is 0.396 e. The van der Waals surface area contributed by atoms with Crippen molar-refractivity contribution in [1.82, 2.24) is 4.57 Å². The van der Waals surface area contributed by atoms with Crippen LogP contribution in [-0.4, -0.2) is 16.3 Å². The first-order chi connectivity index (χ1) is 9.31. The van der Waals surface area contributed by atoms with Crippen LogP contribution in [0.3, 0.4) is 0 Å². The Bertz CT molecular complexity index is 551. The molecule has 0 spiro atoms. The number of rotatable bonds is 3. The van der Waals surface area contributed by atoms with Crippen LogP contribution in [0.5, 0.6) is 0 Å². The first-order valence-corrected chi connectivity index (χ1v) is 7.51. The lowest BCUT2D eigenvalue weighted by molar-refractivity contribution is 0.273. The summed E-state index contributed by atoms with van der Waals surface area (Å²) in [6, 6.07) is 9.33. The summed E-state index contributed by atoms with van der Waals surface area (Å²) in [7, 11) is 0. The second kappa shape index (κ2) is 5.38. The van der Waals surface area contributed by atoms with Crippen LogP contribution in [0.25, 0.3) is 10.9 Å². The van der Waals surface area contributed by atoms with Gasteiger partial charge in [-0.25, -0.2) is 0 Å². The van der Waals surface area contributed by atoms with E-state index in [1.54, 1.807) is 0 Å². The van der Waals surface area contributed by atoms with Crippen LogP contribution in [0.1, 0.15) is 56.6 Å². The normalized spacial score (nSPS) is 18.8. The Labute approximate surface area is 115 Å². The summed E-state index contributed by atoms with van der Waals surface area (Å²) >= 11 is 0. The molecule has 1 heterocycles. The van der Waals surface area contributed by atoms with Crippen LogP contribution in [0.15, 0.2) is 30.5 Å². The van der Waals surface area contributed by atoms with Gasteiger partial charge < -0.3 is 9.67 Å². The summed E-state index contributed by atoms with van der Waals surface area (Å²) in [5.74, 6) is 0.209. The van der Waals surface area contributed by atoms with Crippen LogP contribution in [0.4, 0.5) is 0 Å². The summed E-state index contributed by atoms with van der Waals surface area (Å²) in [6.45, 7) is 2.32. The fraction of sp³-hybridized carbons (Fsp3) is 0.529. The van der Waals surface area contributed by atoms with E-state index < -0.39 is 0 Å². The van der Waals surface area contributed by atoms with Gasteiger partial charge in [0.1, 0.15) is 0 Å². The van der Waals surface area contributed by atoms with Crippen LogP contribution in [-0.2, 0) is 0 Å².